The van der Waals surface area contributed by atoms with Gasteiger partial charge in [0.2, 0.25) is 0 Å². The number of hydrogen-bond acceptors (Lipinski definition) is 3. The number of benzene rings is 1. The van der Waals surface area contributed by atoms with Crippen LogP contribution in [0.1, 0.15) is 57.9 Å². The van der Waals surface area contributed by atoms with Crippen molar-refractivity contribution in [1.82, 2.24) is 0 Å². The monoisotopic (exact) mass is 409 g/mol. The molecule has 1 fully saturated rings. The Morgan fingerprint density at radius 3 is 2.52 bits per heavy atom. The summed E-state index contributed by atoms with van der Waals surface area (Å²) in [6.45, 7) is 8.98. The Morgan fingerprint density at radius 2 is 1.86 bits per heavy atom. The van der Waals surface area contributed by atoms with E-state index in [0.29, 0.717) is 5.76 Å². The zero-order valence-corrected chi connectivity index (χ0v) is 18.1. The van der Waals surface area contributed by atoms with Crippen LogP contribution in [0.15, 0.2) is 53.1 Å². The Hall–Kier alpha value is -2.37. The number of piperidine rings is 1. The molecule has 0 bridgehead atoms. The molecule has 0 aliphatic carbocycles. The number of hydrogen-bond donors (Lipinski definition) is 2. The van der Waals surface area contributed by atoms with Crippen LogP contribution in [-0.4, -0.2) is 19.0 Å². The summed E-state index contributed by atoms with van der Waals surface area (Å²) < 4.78 is 5.31. The number of likely N-dealkylation sites (tertiary alicyclic amines) is 1. The van der Waals surface area contributed by atoms with Crippen molar-refractivity contribution in [3.05, 3.63) is 76.1 Å². The highest BCUT2D eigenvalue weighted by Gasteiger charge is 2.34. The van der Waals surface area contributed by atoms with Crippen molar-refractivity contribution in [2.24, 2.45) is 5.92 Å². The van der Waals surface area contributed by atoms with E-state index >= 15 is 0 Å². The second-order valence-electron chi connectivity index (χ2n) is 8.14. The quantitative estimate of drug-likeness (QED) is 0.646. The molecule has 3 heterocycles. The molecule has 4 rings (SSSR count). The molecule has 29 heavy (non-hydrogen) atoms. The Morgan fingerprint density at radius 1 is 1.14 bits per heavy atom. The highest BCUT2D eigenvalue weighted by molar-refractivity contribution is 7.16. The van der Waals surface area contributed by atoms with E-state index in [-0.39, 0.29) is 11.9 Å². The lowest BCUT2D eigenvalue weighted by atomic mass is 9.91. The number of aryl methyl sites for hydroxylation is 1. The van der Waals surface area contributed by atoms with Crippen LogP contribution in [0.4, 0.5) is 5.00 Å². The van der Waals surface area contributed by atoms with Gasteiger partial charge in [-0.1, -0.05) is 37.3 Å². The van der Waals surface area contributed by atoms with Crippen LogP contribution in [0.5, 0.6) is 0 Å². The summed E-state index contributed by atoms with van der Waals surface area (Å²) in [6, 6.07) is 14.4. The molecule has 1 aromatic carbocycles. The van der Waals surface area contributed by atoms with Crippen molar-refractivity contribution in [2.45, 2.75) is 39.7 Å². The summed E-state index contributed by atoms with van der Waals surface area (Å²) in [5.74, 6) is 0.945. The normalized spacial score (nSPS) is 20.4. The largest absolute Gasteiger partial charge is 0.459 e. The van der Waals surface area contributed by atoms with Gasteiger partial charge in [0.25, 0.3) is 5.91 Å². The van der Waals surface area contributed by atoms with Gasteiger partial charge in [-0.15, -0.1) is 11.3 Å². The average molecular weight is 410 g/mol. The van der Waals surface area contributed by atoms with Crippen molar-refractivity contribution in [1.29, 1.82) is 0 Å². The number of carbonyl (C=O) groups excluding carboxylic acids is 1. The zero-order valence-electron chi connectivity index (χ0n) is 17.3. The summed E-state index contributed by atoms with van der Waals surface area (Å²) in [7, 11) is 0. The number of furan rings is 1. The highest BCUT2D eigenvalue weighted by atomic mass is 32.1. The molecule has 5 heteroatoms. The number of nitrogens with one attached hydrogen (secondary N) is 2. The van der Waals surface area contributed by atoms with Crippen molar-refractivity contribution < 1.29 is 14.1 Å². The van der Waals surface area contributed by atoms with Gasteiger partial charge in [0.15, 0.2) is 5.76 Å². The lowest BCUT2D eigenvalue weighted by Crippen LogP contribution is -3.13. The summed E-state index contributed by atoms with van der Waals surface area (Å²) in [5.41, 5.74) is 3.85. The molecular weight excluding hydrogens is 380 g/mol. The predicted octanol–water partition coefficient (Wildman–Crippen LogP) is 4.61. The minimum absolute atomic E-state index is 0.188. The van der Waals surface area contributed by atoms with E-state index < -0.39 is 0 Å². The van der Waals surface area contributed by atoms with Crippen LogP contribution in [0.25, 0.3) is 0 Å². The minimum Gasteiger partial charge on any atom is -0.459 e. The summed E-state index contributed by atoms with van der Waals surface area (Å²) in [6.07, 6.45) is 4.02. The number of thiophene rings is 1. The summed E-state index contributed by atoms with van der Waals surface area (Å²) in [4.78, 5) is 15.6. The second kappa shape index (κ2) is 8.56. The smallest absolute Gasteiger partial charge is 0.291 e. The maximum Gasteiger partial charge on any atom is 0.291 e. The van der Waals surface area contributed by atoms with E-state index in [9.17, 15) is 4.79 Å². The first-order chi connectivity index (χ1) is 14.0. The average Bonchev–Trinajstić information content (AvgIpc) is 3.35. The number of rotatable bonds is 5. The van der Waals surface area contributed by atoms with Crippen molar-refractivity contribution in [3.63, 3.8) is 0 Å². The molecule has 3 aromatic rings. The number of anilines is 1. The molecule has 4 nitrogen and oxygen atoms in total. The Kier molecular flexibility index (Phi) is 5.88. The summed E-state index contributed by atoms with van der Waals surface area (Å²) >= 11 is 1.67. The van der Waals surface area contributed by atoms with Crippen LogP contribution >= 0.6 is 11.3 Å². The first kappa shape index (κ1) is 19.9. The molecular formula is C24H29N2O2S+. The predicted molar refractivity (Wildman–Crippen MR) is 118 cm³/mol. The molecule has 1 amide bonds. The van der Waals surface area contributed by atoms with Gasteiger partial charge in [0, 0.05) is 10.4 Å². The standard InChI is InChI=1S/C24H28N2O2S/c1-16-11-13-26(14-12-16)22(19-8-5-4-6-9-19)21-17(2)18(3)29-24(21)25-23(27)20-10-7-15-28-20/h4-10,15-16,22H,11-14H2,1-3H3,(H,25,27)/p+1/t22-/m0/s1. The van der Waals surface area contributed by atoms with E-state index in [4.69, 9.17) is 4.42 Å². The van der Waals surface area contributed by atoms with Crippen molar-refractivity contribution in [3.8, 4) is 0 Å². The van der Waals surface area contributed by atoms with Crippen LogP contribution in [0.3, 0.4) is 0 Å². The fourth-order valence-electron chi connectivity index (χ4n) is 4.33. The fourth-order valence-corrected chi connectivity index (χ4v) is 5.42. The van der Waals surface area contributed by atoms with Crippen LogP contribution < -0.4 is 10.2 Å². The first-order valence-electron chi connectivity index (χ1n) is 10.4. The van der Waals surface area contributed by atoms with E-state index in [1.54, 1.807) is 28.4 Å². The SMILES string of the molecule is Cc1sc(NC(=O)c2ccco2)c([C@H](c2ccccc2)[NH+]2CCC(C)CC2)c1C. The van der Waals surface area contributed by atoms with Crippen molar-refractivity contribution >= 4 is 22.2 Å². The van der Waals surface area contributed by atoms with Crippen LogP contribution in [0.2, 0.25) is 0 Å². The minimum atomic E-state index is -0.188. The van der Waals surface area contributed by atoms with Gasteiger partial charge < -0.3 is 14.6 Å². The van der Waals surface area contributed by atoms with Gasteiger partial charge in [0.1, 0.15) is 11.0 Å². The highest BCUT2D eigenvalue weighted by Crippen LogP contribution is 2.38. The Balaban J connectivity index is 1.75. The molecule has 0 saturated carbocycles. The first-order valence-corrected chi connectivity index (χ1v) is 11.2. The molecule has 1 atom stereocenters. The number of quaternary nitrogens is 1. The van der Waals surface area contributed by atoms with Gasteiger partial charge in [-0.2, -0.15) is 0 Å². The van der Waals surface area contributed by atoms with Gasteiger partial charge in [-0.25, -0.2) is 0 Å². The van der Waals surface area contributed by atoms with E-state index in [1.165, 1.54) is 40.7 Å². The van der Waals surface area contributed by atoms with Gasteiger partial charge >= 0.3 is 0 Å². The maximum absolute atomic E-state index is 12.7. The van der Waals surface area contributed by atoms with Gasteiger partial charge in [-0.05, 0) is 50.3 Å². The molecule has 0 unspecified atom stereocenters. The van der Waals surface area contributed by atoms with Gasteiger partial charge in [-0.3, -0.25) is 4.79 Å². The fraction of sp³-hybridized carbons (Fsp3) is 0.375. The van der Waals surface area contributed by atoms with Crippen molar-refractivity contribution in [2.75, 3.05) is 18.4 Å². The van der Waals surface area contributed by atoms with E-state index in [0.717, 1.165) is 24.0 Å². The molecule has 2 N–H and O–H groups in total. The lowest BCUT2D eigenvalue weighted by molar-refractivity contribution is -0.931. The third-order valence-electron chi connectivity index (χ3n) is 6.15. The third kappa shape index (κ3) is 4.16. The lowest BCUT2D eigenvalue weighted by Gasteiger charge is -2.34. The Bertz CT molecular complexity index is 954. The number of amides is 1. The molecule has 0 spiro atoms. The Labute approximate surface area is 176 Å². The molecule has 152 valence electrons. The van der Waals surface area contributed by atoms with Crippen LogP contribution in [-0.2, 0) is 0 Å². The molecule has 0 radical (unpaired) electrons. The summed E-state index contributed by atoms with van der Waals surface area (Å²) in [5, 5.41) is 4.09. The zero-order chi connectivity index (χ0) is 20.4. The topological polar surface area (TPSA) is 46.7 Å². The van der Waals surface area contributed by atoms with Crippen LogP contribution in [0, 0.1) is 19.8 Å². The third-order valence-corrected chi connectivity index (χ3v) is 7.29. The second-order valence-corrected chi connectivity index (χ2v) is 9.37. The van der Waals surface area contributed by atoms with E-state index in [1.807, 2.05) is 0 Å². The number of carbonyl (C=O) groups is 1. The van der Waals surface area contributed by atoms with Gasteiger partial charge in [0.05, 0.1) is 24.9 Å². The molecule has 2 aromatic heterocycles. The molecule has 1 aliphatic heterocycles. The van der Waals surface area contributed by atoms with E-state index in [2.05, 4.69) is 56.4 Å². The molecule has 1 aliphatic rings. The maximum atomic E-state index is 12.7. The molecule has 1 saturated heterocycles.